The molecule has 2 heterocycles. The average Bonchev–Trinajstić information content (AvgIpc) is 3.02. The van der Waals surface area contributed by atoms with Crippen molar-refractivity contribution in [3.8, 4) is 0 Å². The molecule has 0 aliphatic heterocycles. The highest BCUT2D eigenvalue weighted by Gasteiger charge is 2.25. The number of aromatic nitrogens is 4. The van der Waals surface area contributed by atoms with Gasteiger partial charge in [0, 0.05) is 11.9 Å². The molecule has 1 aromatic carbocycles. The first-order valence-corrected chi connectivity index (χ1v) is 9.61. The molecule has 0 saturated carbocycles. The van der Waals surface area contributed by atoms with Crippen LogP contribution in [0.15, 0.2) is 34.0 Å². The number of nitrogens with one attached hydrogen (secondary N) is 1. The summed E-state index contributed by atoms with van der Waals surface area (Å²) in [7, 11) is -2.85. The Hall–Kier alpha value is -2.53. The third-order valence-electron chi connectivity index (χ3n) is 3.56. The summed E-state index contributed by atoms with van der Waals surface area (Å²) in [4.78, 5) is 19.9. The maximum atomic E-state index is 12.7. The van der Waals surface area contributed by atoms with Gasteiger partial charge in [-0.05, 0) is 47.5 Å². The second-order valence-corrected chi connectivity index (χ2v) is 7.79. The van der Waals surface area contributed by atoms with Crippen molar-refractivity contribution in [2.45, 2.75) is 19.0 Å². The summed E-state index contributed by atoms with van der Waals surface area (Å²) in [5.74, 6) is -0.424. The average molecular weight is 440 g/mol. The Morgan fingerprint density at radius 3 is 2.65 bits per heavy atom. The van der Waals surface area contributed by atoms with Crippen molar-refractivity contribution >= 4 is 43.4 Å². The molecule has 9 nitrogen and oxygen atoms in total. The van der Waals surface area contributed by atoms with Crippen LogP contribution in [0.2, 0.25) is 0 Å². The normalized spacial score (nSPS) is 11.5. The quantitative estimate of drug-likeness (QED) is 0.618. The Balaban J connectivity index is 2.05. The van der Waals surface area contributed by atoms with E-state index < -0.39 is 21.1 Å². The van der Waals surface area contributed by atoms with Crippen LogP contribution < -0.4 is 4.72 Å². The maximum Gasteiger partial charge on any atom is 0.339 e. The summed E-state index contributed by atoms with van der Waals surface area (Å²) >= 11 is 3.26. The van der Waals surface area contributed by atoms with E-state index in [1.54, 1.807) is 38.2 Å². The van der Waals surface area contributed by atoms with Crippen LogP contribution in [0.25, 0.3) is 5.78 Å². The third kappa shape index (κ3) is 3.27. The van der Waals surface area contributed by atoms with Crippen molar-refractivity contribution in [2.75, 3.05) is 11.8 Å². The zero-order valence-corrected chi connectivity index (χ0v) is 16.4. The van der Waals surface area contributed by atoms with Crippen molar-refractivity contribution in [1.29, 1.82) is 0 Å². The number of anilines is 1. The number of carbonyl (C=O) groups excluding carboxylic acids is 1. The Morgan fingerprint density at radius 2 is 1.96 bits per heavy atom. The number of nitrogens with zero attached hydrogens (tertiary/aromatic N) is 4. The van der Waals surface area contributed by atoms with Crippen molar-refractivity contribution in [2.24, 2.45) is 0 Å². The topological polar surface area (TPSA) is 116 Å². The van der Waals surface area contributed by atoms with Crippen molar-refractivity contribution in [1.82, 2.24) is 19.6 Å². The number of hydrogen-bond acceptors (Lipinski definition) is 7. The lowest BCUT2D eigenvalue weighted by Gasteiger charge is -2.13. The second kappa shape index (κ2) is 6.65. The van der Waals surface area contributed by atoms with Gasteiger partial charge in [-0.1, -0.05) is 6.07 Å². The predicted molar refractivity (Wildman–Crippen MR) is 96.5 cm³/mol. The molecule has 0 bridgehead atoms. The van der Waals surface area contributed by atoms with E-state index in [-0.39, 0.29) is 21.5 Å². The van der Waals surface area contributed by atoms with Crippen molar-refractivity contribution in [3.63, 3.8) is 0 Å². The molecule has 136 valence electrons. The highest BCUT2D eigenvalue weighted by molar-refractivity contribution is 9.10. The predicted octanol–water partition coefficient (Wildman–Crippen LogP) is 2.09. The van der Waals surface area contributed by atoms with E-state index in [2.05, 4.69) is 35.7 Å². The molecule has 0 spiro atoms. The van der Waals surface area contributed by atoms with Gasteiger partial charge < -0.3 is 4.74 Å². The largest absolute Gasteiger partial charge is 0.465 e. The molecule has 0 saturated heterocycles. The maximum absolute atomic E-state index is 12.7. The summed E-state index contributed by atoms with van der Waals surface area (Å²) in [6, 6.07) is 4.84. The van der Waals surface area contributed by atoms with Gasteiger partial charge in [0.15, 0.2) is 0 Å². The lowest BCUT2D eigenvalue weighted by atomic mass is 10.1. The van der Waals surface area contributed by atoms with E-state index in [0.717, 1.165) is 0 Å². The molecule has 3 rings (SSSR count). The molecule has 0 atom stereocenters. The fourth-order valence-electron chi connectivity index (χ4n) is 2.21. The van der Waals surface area contributed by atoms with Gasteiger partial charge in [-0.15, -0.1) is 5.10 Å². The van der Waals surface area contributed by atoms with Gasteiger partial charge in [0.2, 0.25) is 0 Å². The van der Waals surface area contributed by atoms with Gasteiger partial charge >= 0.3 is 5.97 Å². The number of esters is 1. The fraction of sp³-hybridized carbons (Fsp3) is 0.200. The monoisotopic (exact) mass is 439 g/mol. The van der Waals surface area contributed by atoms with Gasteiger partial charge in [0.25, 0.3) is 21.0 Å². The van der Waals surface area contributed by atoms with E-state index in [0.29, 0.717) is 11.3 Å². The minimum Gasteiger partial charge on any atom is -0.465 e. The molecule has 0 unspecified atom stereocenters. The van der Waals surface area contributed by atoms with Crippen LogP contribution >= 0.6 is 15.9 Å². The minimum atomic E-state index is -4.10. The Labute approximate surface area is 157 Å². The summed E-state index contributed by atoms with van der Waals surface area (Å²) in [6.45, 7) is 3.46. The van der Waals surface area contributed by atoms with Gasteiger partial charge in [-0.3, -0.25) is 4.72 Å². The summed E-state index contributed by atoms with van der Waals surface area (Å²) in [5.41, 5.74) is 1.68. The van der Waals surface area contributed by atoms with Gasteiger partial charge in [-0.2, -0.15) is 13.4 Å². The number of ether oxygens (including phenoxy) is 1. The van der Waals surface area contributed by atoms with Crippen LogP contribution in [-0.2, 0) is 14.8 Å². The highest BCUT2D eigenvalue weighted by atomic mass is 79.9. The number of benzene rings is 1. The zero-order chi connectivity index (χ0) is 19.1. The fourth-order valence-corrected chi connectivity index (χ4v) is 4.06. The first kappa shape index (κ1) is 18.3. The van der Waals surface area contributed by atoms with E-state index in [4.69, 9.17) is 4.74 Å². The third-order valence-corrected chi connectivity index (χ3v) is 5.51. The smallest absolute Gasteiger partial charge is 0.339 e. The van der Waals surface area contributed by atoms with E-state index in [1.807, 2.05) is 0 Å². The number of methoxy groups -OCH3 is 1. The number of fused-ring (bicyclic) bond motifs is 1. The zero-order valence-electron chi connectivity index (χ0n) is 14.0. The van der Waals surface area contributed by atoms with E-state index in [1.165, 1.54) is 11.6 Å². The van der Waals surface area contributed by atoms with Crippen LogP contribution in [0.3, 0.4) is 0 Å². The van der Waals surface area contributed by atoms with Crippen molar-refractivity contribution in [3.05, 3.63) is 45.7 Å². The summed E-state index contributed by atoms with van der Waals surface area (Å²) in [5, 5.41) is 3.51. The molecule has 11 heteroatoms. The summed E-state index contributed by atoms with van der Waals surface area (Å²) < 4.78 is 34.0. The van der Waals surface area contributed by atoms with Crippen molar-refractivity contribution < 1.29 is 17.9 Å². The minimum absolute atomic E-state index is 0.171. The molecule has 3 aromatic rings. The molecule has 2 aromatic heterocycles. The van der Waals surface area contributed by atoms with Crippen LogP contribution in [0.4, 0.5) is 5.69 Å². The molecule has 26 heavy (non-hydrogen) atoms. The van der Waals surface area contributed by atoms with E-state index >= 15 is 0 Å². The second-order valence-electron chi connectivity index (χ2n) is 5.42. The highest BCUT2D eigenvalue weighted by Crippen LogP contribution is 2.32. The first-order valence-electron chi connectivity index (χ1n) is 7.33. The SMILES string of the molecule is COC(=O)c1ccc(C)c(NS(=O)(=O)c2nc3nc(C)ccn3n2)c1Br. The Kier molecular flexibility index (Phi) is 4.67. The molecule has 0 aliphatic carbocycles. The number of hydrogen-bond donors (Lipinski definition) is 1. The lowest BCUT2D eigenvalue weighted by molar-refractivity contribution is 0.0599. The van der Waals surface area contributed by atoms with Gasteiger partial charge in [0.1, 0.15) is 0 Å². The number of sulfonamides is 1. The van der Waals surface area contributed by atoms with E-state index in [9.17, 15) is 13.2 Å². The molecule has 0 radical (unpaired) electrons. The number of rotatable bonds is 4. The standard InChI is InChI=1S/C15H14BrN5O4S/c1-8-4-5-10(13(22)25-3)11(16)12(8)20-26(23,24)15-18-14-17-9(2)6-7-21(14)19-15/h4-7,20H,1-3H3. The Bertz CT molecular complexity index is 1130. The Morgan fingerprint density at radius 1 is 1.23 bits per heavy atom. The van der Waals surface area contributed by atoms with Crippen LogP contribution in [0, 0.1) is 13.8 Å². The van der Waals surface area contributed by atoms with Crippen LogP contribution in [0.1, 0.15) is 21.6 Å². The summed E-state index contributed by atoms with van der Waals surface area (Å²) in [6.07, 6.45) is 1.57. The van der Waals surface area contributed by atoms with Gasteiger partial charge in [-0.25, -0.2) is 14.3 Å². The molecular formula is C15H14BrN5O4S. The lowest BCUT2D eigenvalue weighted by Crippen LogP contribution is -2.17. The molecule has 0 aliphatic rings. The molecule has 0 fully saturated rings. The van der Waals surface area contributed by atoms with Crippen LogP contribution in [0.5, 0.6) is 0 Å². The number of aryl methyl sites for hydroxylation is 2. The molecular weight excluding hydrogens is 426 g/mol. The van der Waals surface area contributed by atoms with Gasteiger partial charge in [0.05, 0.1) is 22.8 Å². The van der Waals surface area contributed by atoms with Crippen LogP contribution in [-0.4, -0.2) is 41.1 Å². The number of carbonyl (C=O) groups is 1. The first-order chi connectivity index (χ1) is 12.2. The molecule has 1 N–H and O–H groups in total. The molecule has 0 amide bonds. The number of halogens is 1.